The lowest BCUT2D eigenvalue weighted by molar-refractivity contribution is 0.600. The number of nitriles is 1. The van der Waals surface area contributed by atoms with E-state index in [0.717, 1.165) is 36.3 Å². The van der Waals surface area contributed by atoms with E-state index in [2.05, 4.69) is 21.4 Å². The summed E-state index contributed by atoms with van der Waals surface area (Å²) in [6.45, 7) is 1.59. The van der Waals surface area contributed by atoms with Crippen molar-refractivity contribution in [2.75, 3.05) is 35.8 Å². The van der Waals surface area contributed by atoms with Crippen LogP contribution in [0.3, 0.4) is 0 Å². The molecule has 3 heterocycles. The highest BCUT2D eigenvalue weighted by atomic mass is 32.2. The van der Waals surface area contributed by atoms with Gasteiger partial charge in [0.05, 0.1) is 34.1 Å². The summed E-state index contributed by atoms with van der Waals surface area (Å²) >= 11 is 0. The molecule has 5 rings (SSSR count). The monoisotopic (exact) mass is 499 g/mol. The van der Waals surface area contributed by atoms with Crippen LogP contribution in [0.15, 0.2) is 58.7 Å². The molecule has 0 saturated carbocycles. The highest BCUT2D eigenvalue weighted by Crippen LogP contribution is 2.36. The Kier molecular flexibility index (Phi) is 6.38. The van der Waals surface area contributed by atoms with E-state index >= 15 is 0 Å². The molecule has 34 heavy (non-hydrogen) atoms. The third-order valence-electron chi connectivity index (χ3n) is 5.88. The molecule has 0 bridgehead atoms. The van der Waals surface area contributed by atoms with Crippen LogP contribution in [0.1, 0.15) is 22.9 Å². The third-order valence-corrected chi connectivity index (χ3v) is 8.10. The van der Waals surface area contributed by atoms with Gasteiger partial charge in [-0.05, 0) is 48.2 Å². The van der Waals surface area contributed by atoms with Gasteiger partial charge in [-0.2, -0.15) is 5.26 Å². The van der Waals surface area contributed by atoms with Crippen molar-refractivity contribution >= 4 is 31.0 Å². The molecule has 0 spiro atoms. The summed E-state index contributed by atoms with van der Waals surface area (Å²) in [6.07, 6.45) is 7.34. The van der Waals surface area contributed by atoms with Crippen LogP contribution >= 0.6 is 0 Å². The molecule has 0 saturated heterocycles. The van der Waals surface area contributed by atoms with Crippen LogP contribution in [-0.4, -0.2) is 52.4 Å². The van der Waals surface area contributed by atoms with Gasteiger partial charge in [0.1, 0.15) is 0 Å². The van der Waals surface area contributed by atoms with E-state index in [-0.39, 0.29) is 4.90 Å². The van der Waals surface area contributed by atoms with Gasteiger partial charge in [-0.15, -0.1) is 0 Å². The highest BCUT2D eigenvalue weighted by Gasteiger charge is 2.29. The maximum absolute atomic E-state index is 11.7. The molecule has 2 aromatic carbocycles. The van der Waals surface area contributed by atoms with Gasteiger partial charge in [0, 0.05) is 37.0 Å². The molecule has 0 amide bonds. The molecule has 2 aliphatic heterocycles. The highest BCUT2D eigenvalue weighted by molar-refractivity contribution is 7.91. The van der Waals surface area contributed by atoms with Crippen molar-refractivity contribution < 1.29 is 16.8 Å². The van der Waals surface area contributed by atoms with E-state index in [9.17, 15) is 22.1 Å². The van der Waals surface area contributed by atoms with Crippen LogP contribution in [0.5, 0.6) is 0 Å². The topological polar surface area (TPSA) is 136 Å². The molecule has 0 radical (unpaired) electrons. The number of imidazole rings is 1. The minimum Gasteiger partial charge on any atom is -0.384 e. The third kappa shape index (κ3) is 4.93. The van der Waals surface area contributed by atoms with Gasteiger partial charge >= 0.3 is 0 Å². The lowest BCUT2D eigenvalue weighted by Gasteiger charge is -2.24. The molecule has 178 valence electrons. The van der Waals surface area contributed by atoms with Crippen LogP contribution in [-0.2, 0) is 32.5 Å². The summed E-state index contributed by atoms with van der Waals surface area (Å²) in [5, 5.41) is 12.6. The molecule has 1 aromatic heterocycles. The number of H-pyrrole nitrogens is 1. The van der Waals surface area contributed by atoms with Crippen molar-refractivity contribution in [2.45, 2.75) is 28.7 Å². The number of hydrogen-bond donors (Lipinski definition) is 2. The fraction of sp³-hybridized carbons (Fsp3) is 0.304. The minimum absolute atomic E-state index is 0.273. The molecular formula is C23H25N5O4S2. The Morgan fingerprint density at radius 1 is 1.00 bits per heavy atom. The van der Waals surface area contributed by atoms with Crippen LogP contribution in [0.2, 0.25) is 0 Å². The Balaban J connectivity index is 0.000000180. The first kappa shape index (κ1) is 23.8. The number of rotatable bonds is 4. The molecule has 3 aromatic rings. The zero-order valence-electron chi connectivity index (χ0n) is 18.8. The molecule has 9 nitrogen and oxygen atoms in total. The predicted molar refractivity (Wildman–Crippen MR) is 129 cm³/mol. The number of anilines is 2. The second kappa shape index (κ2) is 9.12. The second-order valence-corrected chi connectivity index (χ2v) is 12.3. The van der Waals surface area contributed by atoms with E-state index in [0.29, 0.717) is 17.1 Å². The Labute approximate surface area is 199 Å². The second-order valence-electron chi connectivity index (χ2n) is 8.31. The first-order chi connectivity index (χ1) is 16.1. The van der Waals surface area contributed by atoms with Gasteiger partial charge in [0.2, 0.25) is 0 Å². The molecule has 0 fully saturated rings. The summed E-state index contributed by atoms with van der Waals surface area (Å²) in [5.74, 6) is 0. The van der Waals surface area contributed by atoms with Crippen LogP contribution in [0.4, 0.5) is 11.4 Å². The van der Waals surface area contributed by atoms with Gasteiger partial charge in [-0.3, -0.25) is 0 Å². The smallest absolute Gasteiger partial charge is 0.175 e. The van der Waals surface area contributed by atoms with Gasteiger partial charge in [-0.1, -0.05) is 12.1 Å². The Bertz CT molecular complexity index is 1460. The summed E-state index contributed by atoms with van der Waals surface area (Å²) in [6, 6.07) is 12.1. The van der Waals surface area contributed by atoms with Crippen LogP contribution in [0, 0.1) is 11.3 Å². The number of aromatic amines is 1. The molecule has 1 unspecified atom stereocenters. The number of nitrogens with zero attached hydrogens (tertiary/aromatic N) is 3. The lowest BCUT2D eigenvalue weighted by Crippen LogP contribution is -2.26. The average molecular weight is 500 g/mol. The van der Waals surface area contributed by atoms with Crippen LogP contribution < -0.4 is 10.2 Å². The summed E-state index contributed by atoms with van der Waals surface area (Å²) in [5.41, 5.74) is 4.73. The number of hydrogen-bond acceptors (Lipinski definition) is 8. The van der Waals surface area contributed by atoms with Crippen molar-refractivity contribution in [1.29, 1.82) is 5.26 Å². The quantitative estimate of drug-likeness (QED) is 0.559. The minimum atomic E-state index is -3.26. The zero-order chi connectivity index (χ0) is 24.5. The summed E-state index contributed by atoms with van der Waals surface area (Å²) in [4.78, 5) is 9.47. The molecule has 0 aliphatic carbocycles. The van der Waals surface area contributed by atoms with E-state index < -0.39 is 25.7 Å². The number of benzene rings is 2. The number of sulfone groups is 2. The Morgan fingerprint density at radius 3 is 2.29 bits per heavy atom. The maximum atomic E-state index is 11.7. The lowest BCUT2D eigenvalue weighted by atomic mass is 10.1. The van der Waals surface area contributed by atoms with Crippen molar-refractivity contribution in [3.63, 3.8) is 0 Å². The number of nitrogens with one attached hydrogen (secondary N) is 2. The summed E-state index contributed by atoms with van der Waals surface area (Å²) < 4.78 is 45.8. The predicted octanol–water partition coefficient (Wildman–Crippen LogP) is 2.50. The molecular weight excluding hydrogens is 474 g/mol. The summed E-state index contributed by atoms with van der Waals surface area (Å²) in [7, 11) is -6.33. The standard InChI is InChI=1S/C14H14N4O2S.C9H11NO2S/c1-21(19,20)11-3-2-10-4-5-18(13(10)6-11)14(7-15)12-8-16-9-17-12;1-13(11,12)8-3-2-7-4-5-10-9(7)6-8/h2-3,6,8-9,14H,4-5H2,1H3,(H,16,17);2-3,6,10H,4-5H2,1H3. The van der Waals surface area contributed by atoms with Crippen molar-refractivity contribution in [2.24, 2.45) is 0 Å². The van der Waals surface area contributed by atoms with E-state index in [1.165, 1.54) is 24.4 Å². The molecule has 2 N–H and O–H groups in total. The van der Waals surface area contributed by atoms with E-state index in [1.54, 1.807) is 30.5 Å². The van der Waals surface area contributed by atoms with E-state index in [1.807, 2.05) is 17.0 Å². The zero-order valence-corrected chi connectivity index (χ0v) is 20.4. The fourth-order valence-corrected chi connectivity index (χ4v) is 5.39. The van der Waals surface area contributed by atoms with Crippen molar-refractivity contribution in [3.8, 4) is 6.07 Å². The Hall–Kier alpha value is -3.36. The maximum Gasteiger partial charge on any atom is 0.175 e. The molecule has 11 heteroatoms. The van der Waals surface area contributed by atoms with E-state index in [4.69, 9.17) is 0 Å². The molecule has 1 atom stereocenters. The number of aromatic nitrogens is 2. The average Bonchev–Trinajstić information content (AvgIpc) is 3.54. The van der Waals surface area contributed by atoms with Gasteiger partial charge in [-0.25, -0.2) is 21.8 Å². The SMILES string of the molecule is CS(=O)(=O)c1ccc2c(c1)N(C(C#N)c1cnc[nH]1)CC2.CS(=O)(=O)c1ccc2c(c1)NCC2. The normalized spacial score (nSPS) is 15.4. The van der Waals surface area contributed by atoms with Crippen molar-refractivity contribution in [1.82, 2.24) is 9.97 Å². The fourth-order valence-electron chi connectivity index (χ4n) is 4.11. The van der Waals surface area contributed by atoms with Gasteiger partial charge in [0.25, 0.3) is 0 Å². The first-order valence-corrected chi connectivity index (χ1v) is 14.4. The first-order valence-electron chi connectivity index (χ1n) is 10.6. The Morgan fingerprint density at radius 2 is 1.68 bits per heavy atom. The number of fused-ring (bicyclic) bond motifs is 2. The largest absolute Gasteiger partial charge is 0.384 e. The van der Waals surface area contributed by atoms with Gasteiger partial charge < -0.3 is 15.2 Å². The van der Waals surface area contributed by atoms with Crippen LogP contribution in [0.25, 0.3) is 0 Å². The van der Waals surface area contributed by atoms with Crippen molar-refractivity contribution in [3.05, 3.63) is 65.7 Å². The van der Waals surface area contributed by atoms with Gasteiger partial charge in [0.15, 0.2) is 25.7 Å². The molecule has 2 aliphatic rings.